The van der Waals surface area contributed by atoms with E-state index in [-0.39, 0.29) is 5.75 Å². The van der Waals surface area contributed by atoms with E-state index in [0.717, 1.165) is 61.2 Å². The molecular formula is C25H29N5O2S2. The van der Waals surface area contributed by atoms with Crippen molar-refractivity contribution < 1.29 is 8.42 Å². The molecule has 2 heterocycles. The molecule has 7 nitrogen and oxygen atoms in total. The number of hydrogen-bond acceptors (Lipinski definition) is 7. The number of fused-ring (bicyclic) bond motifs is 1. The van der Waals surface area contributed by atoms with Gasteiger partial charge in [0.05, 0.1) is 22.3 Å². The lowest BCUT2D eigenvalue weighted by atomic mass is 10.0. The van der Waals surface area contributed by atoms with Crippen LogP contribution in [0.15, 0.2) is 52.5 Å². The van der Waals surface area contributed by atoms with Crippen molar-refractivity contribution in [1.29, 1.82) is 5.26 Å². The Labute approximate surface area is 205 Å². The van der Waals surface area contributed by atoms with Crippen LogP contribution in [0.4, 0.5) is 0 Å². The molecule has 0 aliphatic carbocycles. The molecule has 1 aliphatic rings. The zero-order valence-electron chi connectivity index (χ0n) is 19.6. The predicted octanol–water partition coefficient (Wildman–Crippen LogP) is 3.73. The fourth-order valence-electron chi connectivity index (χ4n) is 4.17. The van der Waals surface area contributed by atoms with Gasteiger partial charge in [0.2, 0.25) is 0 Å². The number of benzene rings is 2. The molecule has 0 unspecified atom stereocenters. The van der Waals surface area contributed by atoms with Gasteiger partial charge in [-0.15, -0.1) is 10.2 Å². The molecule has 34 heavy (non-hydrogen) atoms. The molecule has 0 saturated heterocycles. The third-order valence-corrected chi connectivity index (χ3v) is 9.11. The molecule has 3 aromatic rings. The van der Waals surface area contributed by atoms with Gasteiger partial charge in [-0.25, -0.2) is 8.42 Å². The Bertz CT molecular complexity index is 1290. The summed E-state index contributed by atoms with van der Waals surface area (Å²) >= 11 is 1.70. The van der Waals surface area contributed by atoms with E-state index in [1.54, 1.807) is 36.9 Å². The van der Waals surface area contributed by atoms with Gasteiger partial charge in [-0.1, -0.05) is 24.8 Å². The van der Waals surface area contributed by atoms with Gasteiger partial charge in [0.25, 0.3) is 0 Å². The Morgan fingerprint density at radius 2 is 1.79 bits per heavy atom. The van der Waals surface area contributed by atoms with Crippen LogP contribution in [-0.4, -0.2) is 59.2 Å². The quantitative estimate of drug-likeness (QED) is 0.347. The Hall–Kier alpha value is -2.67. The third kappa shape index (κ3) is 5.52. The smallest absolute Gasteiger partial charge is 0.191 e. The molecular weight excluding hydrogens is 466 g/mol. The molecule has 0 radical (unpaired) electrons. The van der Waals surface area contributed by atoms with Crippen molar-refractivity contribution in [2.45, 2.75) is 36.2 Å². The summed E-state index contributed by atoms with van der Waals surface area (Å²) in [5, 5.41) is 18.5. The highest BCUT2D eigenvalue weighted by Crippen LogP contribution is 2.24. The SMILES string of the molecule is CCS(=O)(=O)c1ccc2c(c1)CCN(CCCSc1nnc(-c3ccc(C#N)cc3)n1C)CC2. The van der Waals surface area contributed by atoms with E-state index in [1.165, 1.54) is 11.1 Å². The summed E-state index contributed by atoms with van der Waals surface area (Å²) in [5.41, 5.74) is 4.01. The molecule has 9 heteroatoms. The molecule has 0 saturated carbocycles. The number of thioether (sulfide) groups is 1. The van der Waals surface area contributed by atoms with Gasteiger partial charge >= 0.3 is 0 Å². The molecule has 0 bridgehead atoms. The minimum atomic E-state index is -3.17. The lowest BCUT2D eigenvalue weighted by Crippen LogP contribution is -2.27. The van der Waals surface area contributed by atoms with E-state index in [9.17, 15) is 8.42 Å². The zero-order valence-corrected chi connectivity index (χ0v) is 21.2. The number of sulfone groups is 1. The largest absolute Gasteiger partial charge is 0.305 e. The minimum absolute atomic E-state index is 0.135. The first-order valence-corrected chi connectivity index (χ1v) is 14.1. The lowest BCUT2D eigenvalue weighted by molar-refractivity contribution is 0.289. The van der Waals surface area contributed by atoms with Crippen LogP contribution in [0, 0.1) is 11.3 Å². The van der Waals surface area contributed by atoms with Gasteiger partial charge < -0.3 is 9.47 Å². The monoisotopic (exact) mass is 495 g/mol. The van der Waals surface area contributed by atoms with Crippen LogP contribution in [0.25, 0.3) is 11.4 Å². The van der Waals surface area contributed by atoms with E-state index >= 15 is 0 Å². The maximum atomic E-state index is 12.2. The van der Waals surface area contributed by atoms with Crippen molar-refractivity contribution in [3.63, 3.8) is 0 Å². The molecule has 1 aromatic heterocycles. The average Bonchev–Trinajstić information content (AvgIpc) is 3.09. The van der Waals surface area contributed by atoms with Crippen molar-refractivity contribution in [3.05, 3.63) is 59.2 Å². The van der Waals surface area contributed by atoms with Crippen molar-refractivity contribution in [2.24, 2.45) is 7.05 Å². The highest BCUT2D eigenvalue weighted by molar-refractivity contribution is 7.99. The number of nitriles is 1. The van der Waals surface area contributed by atoms with Crippen LogP contribution in [0.2, 0.25) is 0 Å². The van der Waals surface area contributed by atoms with Crippen molar-refractivity contribution >= 4 is 21.6 Å². The zero-order chi connectivity index (χ0) is 24.1. The van der Waals surface area contributed by atoms with Crippen molar-refractivity contribution in [1.82, 2.24) is 19.7 Å². The van der Waals surface area contributed by atoms with Crippen molar-refractivity contribution in [2.75, 3.05) is 31.1 Å². The molecule has 0 atom stereocenters. The first-order valence-electron chi connectivity index (χ1n) is 11.5. The van der Waals surface area contributed by atoms with Gasteiger partial charge in [0, 0.05) is 31.5 Å². The maximum Gasteiger partial charge on any atom is 0.191 e. The predicted molar refractivity (Wildman–Crippen MR) is 135 cm³/mol. The van der Waals surface area contributed by atoms with E-state index in [2.05, 4.69) is 21.2 Å². The van der Waals surface area contributed by atoms with Crippen LogP contribution in [0.1, 0.15) is 30.0 Å². The second-order valence-electron chi connectivity index (χ2n) is 8.43. The summed E-state index contributed by atoms with van der Waals surface area (Å²) in [6, 6.07) is 15.1. The molecule has 0 fully saturated rings. The summed E-state index contributed by atoms with van der Waals surface area (Å²) in [7, 11) is -1.20. The molecule has 2 aromatic carbocycles. The molecule has 0 amide bonds. The molecule has 0 N–H and O–H groups in total. The Morgan fingerprint density at radius 3 is 2.50 bits per heavy atom. The first kappa shape index (κ1) is 24.5. The summed E-state index contributed by atoms with van der Waals surface area (Å²) in [4.78, 5) is 2.91. The fourth-order valence-corrected chi connectivity index (χ4v) is 5.93. The maximum absolute atomic E-state index is 12.2. The first-order chi connectivity index (χ1) is 16.4. The summed E-state index contributed by atoms with van der Waals surface area (Å²) in [6.45, 7) is 4.63. The van der Waals surface area contributed by atoms with Crippen LogP contribution < -0.4 is 0 Å². The summed E-state index contributed by atoms with van der Waals surface area (Å²) in [6.07, 6.45) is 2.87. The highest BCUT2D eigenvalue weighted by Gasteiger charge is 2.18. The van der Waals surface area contributed by atoms with Crippen LogP contribution >= 0.6 is 11.8 Å². The van der Waals surface area contributed by atoms with Gasteiger partial charge in [-0.3, -0.25) is 0 Å². The van der Waals surface area contributed by atoms with Crippen LogP contribution in [0.3, 0.4) is 0 Å². The third-order valence-electron chi connectivity index (χ3n) is 6.27. The number of hydrogen-bond donors (Lipinski definition) is 0. The van der Waals surface area contributed by atoms with E-state index in [1.807, 2.05) is 35.9 Å². The summed E-state index contributed by atoms with van der Waals surface area (Å²) in [5.74, 6) is 1.87. The Morgan fingerprint density at radius 1 is 1.06 bits per heavy atom. The topological polar surface area (TPSA) is 91.9 Å². The Balaban J connectivity index is 1.28. The van der Waals surface area contributed by atoms with Gasteiger partial charge in [-0.05, 0) is 73.3 Å². The lowest BCUT2D eigenvalue weighted by Gasteiger charge is -2.19. The fraction of sp³-hybridized carbons (Fsp3) is 0.400. The second-order valence-corrected chi connectivity index (χ2v) is 11.8. The van der Waals surface area contributed by atoms with Crippen LogP contribution in [0.5, 0.6) is 0 Å². The Kier molecular flexibility index (Phi) is 7.71. The highest BCUT2D eigenvalue weighted by atomic mass is 32.2. The molecule has 178 valence electrons. The number of rotatable bonds is 8. The molecule has 4 rings (SSSR count). The standard InChI is InChI=1S/C25H29N5O2S2/c1-3-34(31,32)23-10-9-20-11-14-30(15-12-22(20)17-23)13-4-16-33-25-28-27-24(29(25)2)21-7-5-19(18-26)6-8-21/h5-10,17H,3-4,11-16H2,1-2H3. The minimum Gasteiger partial charge on any atom is -0.305 e. The van der Waals surface area contributed by atoms with E-state index in [0.29, 0.717) is 10.5 Å². The normalized spacial score (nSPS) is 14.4. The van der Waals surface area contributed by atoms with Crippen LogP contribution in [-0.2, 0) is 29.7 Å². The number of nitrogens with zero attached hydrogens (tertiary/aromatic N) is 5. The summed E-state index contributed by atoms with van der Waals surface area (Å²) < 4.78 is 26.4. The molecule has 0 spiro atoms. The number of aromatic nitrogens is 3. The van der Waals surface area contributed by atoms with E-state index < -0.39 is 9.84 Å². The van der Waals surface area contributed by atoms with Gasteiger partial charge in [0.15, 0.2) is 20.8 Å². The average molecular weight is 496 g/mol. The van der Waals surface area contributed by atoms with E-state index in [4.69, 9.17) is 5.26 Å². The molecule has 1 aliphatic heterocycles. The van der Waals surface area contributed by atoms with Gasteiger partial charge in [-0.2, -0.15) is 5.26 Å². The van der Waals surface area contributed by atoms with Gasteiger partial charge in [0.1, 0.15) is 0 Å². The van der Waals surface area contributed by atoms with Crippen molar-refractivity contribution in [3.8, 4) is 17.5 Å². The second kappa shape index (κ2) is 10.7.